The molecule has 0 saturated carbocycles. The third kappa shape index (κ3) is 7.98. The van der Waals surface area contributed by atoms with Crippen LogP contribution in [-0.2, 0) is 28.0 Å². The molecule has 3 aromatic rings. The van der Waals surface area contributed by atoms with Crippen LogP contribution in [0.3, 0.4) is 0 Å². The van der Waals surface area contributed by atoms with Crippen molar-refractivity contribution in [3.8, 4) is 0 Å². The van der Waals surface area contributed by atoms with E-state index < -0.39 is 17.6 Å². The number of nitrogens with zero attached hydrogens (tertiary/aromatic N) is 3. The van der Waals surface area contributed by atoms with Crippen molar-refractivity contribution in [2.75, 3.05) is 33.7 Å². The zero-order chi connectivity index (χ0) is 29.5. The molecule has 2 amide bonds. The third-order valence-electron chi connectivity index (χ3n) is 8.05. The summed E-state index contributed by atoms with van der Waals surface area (Å²) in [5, 5.41) is 0. The number of rotatable bonds is 9. The quantitative estimate of drug-likeness (QED) is 0.308. The normalized spacial score (nSPS) is 15.8. The Kier molecular flexibility index (Phi) is 9.87. The molecule has 1 aliphatic rings. The van der Waals surface area contributed by atoms with Gasteiger partial charge in [0.1, 0.15) is 5.60 Å². The van der Waals surface area contributed by atoms with Crippen molar-refractivity contribution < 1.29 is 14.3 Å². The minimum Gasteiger partial charge on any atom is -0.444 e. The van der Waals surface area contributed by atoms with Gasteiger partial charge in [0.25, 0.3) is 0 Å². The standard InChI is InChI=1S/C35H45N3O3/c1-34(2,3)41-33(40)38(26-29-17-11-7-12-18-29)27-30(25-28-15-9-6-10-16-28)32(39)37-23-21-35(22-24-37,36(4)5)31-19-13-8-14-20-31/h6-20,30H,21-27H2,1-5H3. The summed E-state index contributed by atoms with van der Waals surface area (Å²) < 4.78 is 5.81. The van der Waals surface area contributed by atoms with Crippen LogP contribution in [0.2, 0.25) is 0 Å². The topological polar surface area (TPSA) is 53.1 Å². The summed E-state index contributed by atoms with van der Waals surface area (Å²) in [5.41, 5.74) is 2.63. The second-order valence-corrected chi connectivity index (χ2v) is 12.4. The number of likely N-dealkylation sites (tertiary alicyclic amines) is 1. The third-order valence-corrected chi connectivity index (χ3v) is 8.05. The monoisotopic (exact) mass is 555 g/mol. The summed E-state index contributed by atoms with van der Waals surface area (Å²) in [5.74, 6) is -0.298. The lowest BCUT2D eigenvalue weighted by Crippen LogP contribution is -2.54. The predicted molar refractivity (Wildman–Crippen MR) is 164 cm³/mol. The highest BCUT2D eigenvalue weighted by Gasteiger charge is 2.40. The van der Waals surface area contributed by atoms with E-state index in [0.717, 1.165) is 24.0 Å². The first-order valence-electron chi connectivity index (χ1n) is 14.6. The Morgan fingerprint density at radius 1 is 0.829 bits per heavy atom. The van der Waals surface area contributed by atoms with E-state index in [0.29, 0.717) is 26.1 Å². The Balaban J connectivity index is 1.58. The molecule has 4 rings (SSSR count). The molecular formula is C35H45N3O3. The maximum Gasteiger partial charge on any atom is 0.410 e. The van der Waals surface area contributed by atoms with E-state index in [-0.39, 0.29) is 18.0 Å². The van der Waals surface area contributed by atoms with Crippen LogP contribution in [0, 0.1) is 5.92 Å². The largest absolute Gasteiger partial charge is 0.444 e. The second-order valence-electron chi connectivity index (χ2n) is 12.4. The van der Waals surface area contributed by atoms with Gasteiger partial charge in [-0.1, -0.05) is 91.0 Å². The van der Waals surface area contributed by atoms with E-state index in [2.05, 4.69) is 55.4 Å². The van der Waals surface area contributed by atoms with Gasteiger partial charge in [-0.3, -0.25) is 9.69 Å². The summed E-state index contributed by atoms with van der Waals surface area (Å²) >= 11 is 0. The average Bonchev–Trinajstić information content (AvgIpc) is 2.96. The number of benzene rings is 3. The first kappa shape index (κ1) is 30.3. The van der Waals surface area contributed by atoms with E-state index >= 15 is 0 Å². The highest BCUT2D eigenvalue weighted by molar-refractivity contribution is 5.80. The molecule has 218 valence electrons. The van der Waals surface area contributed by atoms with Crippen LogP contribution >= 0.6 is 0 Å². The molecular weight excluding hydrogens is 510 g/mol. The molecule has 0 aliphatic carbocycles. The first-order valence-corrected chi connectivity index (χ1v) is 14.6. The lowest BCUT2D eigenvalue weighted by Gasteiger charge is -2.47. The fourth-order valence-corrected chi connectivity index (χ4v) is 5.83. The Bertz CT molecular complexity index is 1250. The van der Waals surface area contributed by atoms with Crippen molar-refractivity contribution in [3.05, 3.63) is 108 Å². The number of carbonyl (C=O) groups excluding carboxylic acids is 2. The van der Waals surface area contributed by atoms with Crippen molar-refractivity contribution >= 4 is 12.0 Å². The van der Waals surface area contributed by atoms with Gasteiger partial charge in [-0.25, -0.2) is 4.79 Å². The van der Waals surface area contributed by atoms with Gasteiger partial charge in [0.2, 0.25) is 5.91 Å². The number of carbonyl (C=O) groups is 2. The van der Waals surface area contributed by atoms with Gasteiger partial charge in [0.05, 0.1) is 5.92 Å². The minimum atomic E-state index is -0.634. The van der Waals surface area contributed by atoms with Crippen molar-refractivity contribution in [2.24, 2.45) is 5.92 Å². The summed E-state index contributed by atoms with van der Waals surface area (Å²) in [7, 11) is 4.26. The highest BCUT2D eigenvalue weighted by Crippen LogP contribution is 2.37. The SMILES string of the molecule is CN(C)C1(c2ccccc2)CCN(C(=O)C(Cc2ccccc2)CN(Cc2ccccc2)C(=O)OC(C)(C)C)CC1. The van der Waals surface area contributed by atoms with Gasteiger partial charge in [-0.15, -0.1) is 0 Å². The van der Waals surface area contributed by atoms with Crippen LogP contribution in [-0.4, -0.2) is 66.0 Å². The van der Waals surface area contributed by atoms with Crippen LogP contribution in [0.1, 0.15) is 50.3 Å². The van der Waals surface area contributed by atoms with Gasteiger partial charge in [0.15, 0.2) is 0 Å². The van der Waals surface area contributed by atoms with Crippen molar-refractivity contribution in [2.45, 2.75) is 57.7 Å². The molecule has 1 saturated heterocycles. The molecule has 1 fully saturated rings. The summed E-state index contributed by atoms with van der Waals surface area (Å²) in [6, 6.07) is 30.6. The van der Waals surface area contributed by atoms with Gasteiger partial charge >= 0.3 is 6.09 Å². The molecule has 6 nitrogen and oxygen atoms in total. The predicted octanol–water partition coefficient (Wildman–Crippen LogP) is 6.36. The Morgan fingerprint density at radius 3 is 1.85 bits per heavy atom. The zero-order valence-corrected chi connectivity index (χ0v) is 25.3. The van der Waals surface area contributed by atoms with Crippen molar-refractivity contribution in [1.29, 1.82) is 0 Å². The molecule has 0 bridgehead atoms. The lowest BCUT2D eigenvalue weighted by atomic mass is 9.79. The molecule has 6 heteroatoms. The summed E-state index contributed by atoms with van der Waals surface area (Å²) in [6.07, 6.45) is 1.87. The van der Waals surface area contributed by atoms with E-state index in [1.54, 1.807) is 4.90 Å². The van der Waals surface area contributed by atoms with Gasteiger partial charge in [0, 0.05) is 31.7 Å². The van der Waals surface area contributed by atoms with Gasteiger partial charge in [-0.2, -0.15) is 0 Å². The van der Waals surface area contributed by atoms with E-state index in [1.807, 2.05) is 80.3 Å². The molecule has 0 N–H and O–H groups in total. The van der Waals surface area contributed by atoms with E-state index in [9.17, 15) is 9.59 Å². The Morgan fingerprint density at radius 2 is 1.34 bits per heavy atom. The van der Waals surface area contributed by atoms with Crippen LogP contribution in [0.15, 0.2) is 91.0 Å². The molecule has 0 radical (unpaired) electrons. The molecule has 1 atom stereocenters. The average molecular weight is 556 g/mol. The fourth-order valence-electron chi connectivity index (χ4n) is 5.83. The Hall–Kier alpha value is -3.64. The second kappa shape index (κ2) is 13.3. The lowest BCUT2D eigenvalue weighted by molar-refractivity contribution is -0.139. The molecule has 1 unspecified atom stereocenters. The molecule has 0 aromatic heterocycles. The molecule has 41 heavy (non-hydrogen) atoms. The van der Waals surface area contributed by atoms with Crippen LogP contribution < -0.4 is 0 Å². The van der Waals surface area contributed by atoms with Crippen LogP contribution in [0.4, 0.5) is 4.79 Å². The fraction of sp³-hybridized carbons (Fsp3) is 0.429. The molecule has 3 aromatic carbocycles. The highest BCUT2D eigenvalue weighted by atomic mass is 16.6. The maximum absolute atomic E-state index is 14.2. The van der Waals surface area contributed by atoms with Crippen LogP contribution in [0.25, 0.3) is 0 Å². The van der Waals surface area contributed by atoms with Gasteiger partial charge < -0.3 is 14.5 Å². The molecule has 1 heterocycles. The number of amides is 2. The van der Waals surface area contributed by atoms with Crippen LogP contribution in [0.5, 0.6) is 0 Å². The first-order chi connectivity index (χ1) is 19.6. The maximum atomic E-state index is 14.2. The number of piperidine rings is 1. The van der Waals surface area contributed by atoms with E-state index in [4.69, 9.17) is 4.74 Å². The number of hydrogen-bond acceptors (Lipinski definition) is 4. The number of hydrogen-bond donors (Lipinski definition) is 0. The van der Waals surface area contributed by atoms with E-state index in [1.165, 1.54) is 5.56 Å². The Labute approximate surface area is 245 Å². The minimum absolute atomic E-state index is 0.0934. The van der Waals surface area contributed by atoms with Crippen molar-refractivity contribution in [1.82, 2.24) is 14.7 Å². The smallest absolute Gasteiger partial charge is 0.410 e. The summed E-state index contributed by atoms with van der Waals surface area (Å²) in [4.78, 5) is 33.7. The zero-order valence-electron chi connectivity index (χ0n) is 25.3. The van der Waals surface area contributed by atoms with Crippen molar-refractivity contribution in [3.63, 3.8) is 0 Å². The molecule has 0 spiro atoms. The van der Waals surface area contributed by atoms with Gasteiger partial charge in [-0.05, 0) is 70.8 Å². The summed E-state index contributed by atoms with van der Waals surface area (Å²) in [6.45, 7) is 7.61. The number of ether oxygens (including phenoxy) is 1. The molecule has 1 aliphatic heterocycles.